The van der Waals surface area contributed by atoms with E-state index < -0.39 is 121 Å². The summed E-state index contributed by atoms with van der Waals surface area (Å²) >= 11 is 0. The molecule has 1 unspecified atom stereocenters. The highest BCUT2D eigenvalue weighted by Crippen LogP contribution is 2.66. The van der Waals surface area contributed by atoms with E-state index in [0.717, 1.165) is 11.6 Å². The number of ketones is 1. The Morgan fingerprint density at radius 3 is 1.96 bits per heavy atom. The number of fused-ring (bicyclic) bond motifs is 5. The molecule has 3 fully saturated rings. The second-order valence-corrected chi connectivity index (χ2v) is 28.4. The topological polar surface area (TPSA) is 190 Å². The maximum absolute atomic E-state index is 16.1. The minimum Gasteiger partial charge on any atom is -0.456 e. The van der Waals surface area contributed by atoms with Crippen LogP contribution in [0.15, 0.2) is 121 Å². The lowest BCUT2D eigenvalue weighted by Crippen LogP contribution is -2.81. The molecule has 0 aromatic heterocycles. The number of amides is 1. The van der Waals surface area contributed by atoms with Crippen molar-refractivity contribution in [3.8, 4) is 0 Å². The van der Waals surface area contributed by atoms with Crippen molar-refractivity contribution in [3.05, 3.63) is 144 Å². The van der Waals surface area contributed by atoms with E-state index in [0.29, 0.717) is 23.1 Å². The van der Waals surface area contributed by atoms with E-state index in [2.05, 4.69) is 60.0 Å². The predicted octanol–water partition coefficient (Wildman–Crippen LogP) is 10.1. The molecular weight excluding hydrogens is 983 g/mol. The molecule has 4 aliphatic rings. The van der Waals surface area contributed by atoms with Gasteiger partial charge in [0.1, 0.15) is 23.9 Å². The largest absolute Gasteiger partial charge is 0.456 e. The number of hydrogen-bond donors (Lipinski definition) is 2. The van der Waals surface area contributed by atoms with Gasteiger partial charge in [-0.2, -0.15) is 0 Å². The van der Waals surface area contributed by atoms with Crippen molar-refractivity contribution in [2.24, 2.45) is 22.7 Å². The van der Waals surface area contributed by atoms with Gasteiger partial charge in [0, 0.05) is 35.8 Å². The first-order chi connectivity index (χ1) is 35.8. The second-order valence-electron chi connectivity index (χ2n) is 23.0. The molecule has 408 valence electrons. The highest BCUT2D eigenvalue weighted by molar-refractivity contribution is 6.77. The second kappa shape index (κ2) is 22.2. The molecule has 15 heteroatoms. The number of ether oxygens (including phenoxy) is 5. The molecule has 2 saturated carbocycles. The average molecular weight is 1060 g/mol. The number of rotatable bonds is 18. The molecular formula is C61H77NO13Si. The van der Waals surface area contributed by atoms with Gasteiger partial charge in [-0.15, -0.1) is 6.58 Å². The third-order valence-electron chi connectivity index (χ3n) is 17.7. The van der Waals surface area contributed by atoms with Crippen molar-refractivity contribution in [1.82, 2.24) is 5.32 Å². The monoisotopic (exact) mass is 1060 g/mol. The molecule has 11 atom stereocenters. The van der Waals surface area contributed by atoms with Crippen LogP contribution in [-0.4, -0.2) is 97.3 Å². The van der Waals surface area contributed by atoms with Gasteiger partial charge < -0.3 is 38.5 Å². The van der Waals surface area contributed by atoms with Gasteiger partial charge in [-0.05, 0) is 88.8 Å². The van der Waals surface area contributed by atoms with Crippen LogP contribution in [0.3, 0.4) is 0 Å². The molecule has 3 aromatic rings. The van der Waals surface area contributed by atoms with Gasteiger partial charge in [0.15, 0.2) is 23.6 Å². The third-order valence-corrected chi connectivity index (χ3v) is 23.8. The van der Waals surface area contributed by atoms with Crippen LogP contribution in [0.1, 0.15) is 134 Å². The van der Waals surface area contributed by atoms with E-state index in [1.54, 1.807) is 94.4 Å². The van der Waals surface area contributed by atoms with Gasteiger partial charge in [-0.25, -0.2) is 14.4 Å². The lowest BCUT2D eigenvalue weighted by molar-refractivity contribution is -0.339. The predicted molar refractivity (Wildman–Crippen MR) is 289 cm³/mol. The summed E-state index contributed by atoms with van der Waals surface area (Å²) in [7, 11) is -3.09. The smallest absolute Gasteiger partial charge is 0.338 e. The standard InChI is InChI=1S/C61H77NO13Si/c1-15-25-41-26-23-24-31-44(41)49(62-55(66)42-27-19-17-20-28-42)51(75-76(35(3)4,36(5)6)37(7)8)57(68)72-45-33-61(69)54(73-56(67)43-29-21-18-22-30-43)52-59(14,38(9)32-46-60(52,34-70-46)74-47(64)16-2)53(65)50(71-40(11)63)48(39(45)10)58(61,12)13/h15-24,26-31,35-38,45-46,49-52,54,69H,1-2,25,32-34H2,3-14H3,(H,62,66)/t38-,45-,46+,49-,50+,51+,52?,54-,59+,60-,61+/m0/s1. The Morgan fingerprint density at radius 1 is 0.842 bits per heavy atom. The number of Topliss-reactive ketones (excluding diaryl/α,β-unsaturated/α-hetero) is 1. The zero-order valence-corrected chi connectivity index (χ0v) is 47.2. The molecule has 2 N–H and O–H groups in total. The number of aliphatic hydroxyl groups is 1. The summed E-state index contributed by atoms with van der Waals surface area (Å²) in [5.74, 6) is -6.38. The van der Waals surface area contributed by atoms with E-state index in [9.17, 15) is 24.3 Å². The van der Waals surface area contributed by atoms with E-state index in [-0.39, 0.29) is 40.8 Å². The Labute approximate surface area is 449 Å². The molecule has 76 heavy (non-hydrogen) atoms. The van der Waals surface area contributed by atoms with Crippen LogP contribution in [-0.2, 0) is 53.7 Å². The Kier molecular flexibility index (Phi) is 16.8. The number of benzene rings is 3. The summed E-state index contributed by atoms with van der Waals surface area (Å²) in [5.41, 5.74) is -5.10. The van der Waals surface area contributed by atoms with Crippen LogP contribution >= 0.6 is 0 Å². The molecule has 1 aliphatic heterocycles. The van der Waals surface area contributed by atoms with Crippen LogP contribution in [0.25, 0.3) is 0 Å². The van der Waals surface area contributed by atoms with Crippen molar-refractivity contribution in [3.63, 3.8) is 0 Å². The molecule has 1 heterocycles. The summed E-state index contributed by atoms with van der Waals surface area (Å²) in [5, 5.41) is 17.5. The molecule has 1 saturated heterocycles. The van der Waals surface area contributed by atoms with Gasteiger partial charge in [0.2, 0.25) is 8.32 Å². The van der Waals surface area contributed by atoms with Gasteiger partial charge >= 0.3 is 23.9 Å². The number of nitrogens with one attached hydrogen (secondary N) is 1. The highest BCUT2D eigenvalue weighted by Gasteiger charge is 2.78. The minimum atomic E-state index is -3.09. The molecule has 3 aromatic carbocycles. The first-order valence-electron chi connectivity index (χ1n) is 26.6. The van der Waals surface area contributed by atoms with Crippen LogP contribution in [0, 0.1) is 22.7 Å². The Balaban J connectivity index is 1.50. The van der Waals surface area contributed by atoms with Crippen molar-refractivity contribution in [2.75, 3.05) is 6.61 Å². The molecule has 0 spiro atoms. The fourth-order valence-corrected chi connectivity index (χ4v) is 19.2. The number of allylic oxidation sites excluding steroid dienone is 1. The molecule has 14 nitrogen and oxygen atoms in total. The van der Waals surface area contributed by atoms with Crippen LogP contribution in [0.4, 0.5) is 0 Å². The van der Waals surface area contributed by atoms with Crippen LogP contribution in [0.2, 0.25) is 16.6 Å². The molecule has 0 radical (unpaired) electrons. The van der Waals surface area contributed by atoms with E-state index in [4.69, 9.17) is 28.1 Å². The fourth-order valence-electron chi connectivity index (χ4n) is 13.7. The van der Waals surface area contributed by atoms with Crippen molar-refractivity contribution in [1.29, 1.82) is 0 Å². The Bertz CT molecular complexity index is 2730. The summed E-state index contributed by atoms with van der Waals surface area (Å²) in [6, 6.07) is 23.1. The highest BCUT2D eigenvalue weighted by atomic mass is 28.4. The van der Waals surface area contributed by atoms with Gasteiger partial charge in [0.05, 0.1) is 24.1 Å². The van der Waals surface area contributed by atoms with Crippen molar-refractivity contribution < 1.29 is 62.0 Å². The van der Waals surface area contributed by atoms with Crippen molar-refractivity contribution >= 4 is 43.9 Å². The lowest BCUT2D eigenvalue weighted by Gasteiger charge is -2.68. The molecule has 7 rings (SSSR count). The van der Waals surface area contributed by atoms with E-state index >= 15 is 9.59 Å². The maximum Gasteiger partial charge on any atom is 0.338 e. The van der Waals surface area contributed by atoms with Crippen LogP contribution < -0.4 is 5.32 Å². The number of carbonyl (C=O) groups excluding carboxylic acids is 6. The van der Waals surface area contributed by atoms with Gasteiger partial charge in [-0.1, -0.05) is 143 Å². The van der Waals surface area contributed by atoms with Crippen molar-refractivity contribution in [2.45, 2.75) is 167 Å². The Hall–Kier alpha value is -6.00. The van der Waals surface area contributed by atoms with Gasteiger partial charge in [0.25, 0.3) is 5.91 Å². The lowest BCUT2D eigenvalue weighted by atomic mass is 9.43. The fraction of sp³-hybridized carbons (Fsp3) is 0.508. The van der Waals surface area contributed by atoms with Gasteiger partial charge in [-0.3, -0.25) is 14.4 Å². The first-order valence-corrected chi connectivity index (χ1v) is 28.7. The third kappa shape index (κ3) is 9.85. The summed E-state index contributed by atoms with van der Waals surface area (Å²) in [6.07, 6.45) is -4.23. The Morgan fingerprint density at radius 2 is 1.42 bits per heavy atom. The average Bonchev–Trinajstić information content (AvgIpc) is 3.37. The SMILES string of the molecule is C=CCc1ccccc1[C@H](NC(=O)c1ccccc1)[C@@H](O[Si](C(C)C)(C(C)C)C(C)C)C(=O)O[C@H]1C[C@@]2(O)[C@@H](OC(=O)c3ccccc3)C3[C@](C)(C(=O)[C@H](OC(C)=O)C(=C1C)C2(C)C)[C@@H](C)C[C@H]1OC[C@@]31OC(=O)C=C. The molecule has 2 bridgehead atoms. The number of esters is 4. The van der Waals surface area contributed by atoms with E-state index in [1.165, 1.54) is 6.92 Å². The molecule has 3 aliphatic carbocycles. The quantitative estimate of drug-likeness (QED) is 0.0403. The first kappa shape index (κ1) is 57.7. The molecule has 1 amide bonds. The summed E-state index contributed by atoms with van der Waals surface area (Å²) in [4.78, 5) is 88.6. The number of carbonyl (C=O) groups is 6. The normalized spacial score (nSPS) is 28.6. The minimum absolute atomic E-state index is 0.0482. The summed E-state index contributed by atoms with van der Waals surface area (Å²) < 4.78 is 39.8. The summed E-state index contributed by atoms with van der Waals surface area (Å²) in [6.45, 7) is 29.6. The van der Waals surface area contributed by atoms with E-state index in [1.807, 2.05) is 31.2 Å². The van der Waals surface area contributed by atoms with Crippen LogP contribution in [0.5, 0.6) is 0 Å². The number of hydrogen-bond acceptors (Lipinski definition) is 13. The maximum atomic E-state index is 16.1. The zero-order chi connectivity index (χ0) is 55.9. The zero-order valence-electron chi connectivity index (χ0n) is 46.2.